The van der Waals surface area contributed by atoms with Crippen molar-refractivity contribution >= 4 is 21.6 Å². The van der Waals surface area contributed by atoms with E-state index in [-0.39, 0.29) is 5.91 Å². The summed E-state index contributed by atoms with van der Waals surface area (Å²) in [5.74, 6) is 0.731. The van der Waals surface area contributed by atoms with E-state index in [2.05, 4.69) is 5.32 Å². The maximum atomic E-state index is 13.1. The van der Waals surface area contributed by atoms with Gasteiger partial charge >= 0.3 is 0 Å². The molecule has 0 spiro atoms. The predicted molar refractivity (Wildman–Crippen MR) is 123 cm³/mol. The van der Waals surface area contributed by atoms with Gasteiger partial charge in [-0.15, -0.1) is 0 Å². The number of benzene rings is 2. The zero-order valence-electron chi connectivity index (χ0n) is 18.3. The Kier molecular flexibility index (Phi) is 6.77. The van der Waals surface area contributed by atoms with Crippen LogP contribution in [0, 0.1) is 12.8 Å². The lowest BCUT2D eigenvalue weighted by Gasteiger charge is -2.28. The van der Waals surface area contributed by atoms with Crippen molar-refractivity contribution in [1.82, 2.24) is 4.31 Å². The van der Waals surface area contributed by atoms with Crippen LogP contribution in [0.25, 0.3) is 0 Å². The average molecular weight is 441 g/mol. The van der Waals surface area contributed by atoms with Gasteiger partial charge in [-0.2, -0.15) is 4.31 Å². The van der Waals surface area contributed by atoms with E-state index in [0.29, 0.717) is 36.7 Å². The van der Waals surface area contributed by atoms with Crippen molar-refractivity contribution < 1.29 is 13.2 Å². The fourth-order valence-corrected chi connectivity index (χ4v) is 6.13. The van der Waals surface area contributed by atoms with E-state index in [1.54, 1.807) is 12.1 Å². The number of carbonyl (C=O) groups is 1. The number of anilines is 1. The summed E-state index contributed by atoms with van der Waals surface area (Å²) in [5, 5.41) is 3.02. The molecule has 6 heteroatoms. The largest absolute Gasteiger partial charge is 0.326 e. The van der Waals surface area contributed by atoms with Crippen LogP contribution in [0.3, 0.4) is 0 Å². The molecular formula is C25H32N2O3S. The number of fused-ring (bicyclic) bond motifs is 1. The van der Waals surface area contributed by atoms with Crippen molar-refractivity contribution in [2.75, 3.05) is 11.9 Å². The van der Waals surface area contributed by atoms with Gasteiger partial charge in [0.05, 0.1) is 4.90 Å². The highest BCUT2D eigenvalue weighted by molar-refractivity contribution is 7.89. The third-order valence-corrected chi connectivity index (χ3v) is 8.49. The van der Waals surface area contributed by atoms with Crippen LogP contribution in [0.15, 0.2) is 47.4 Å². The number of rotatable bonds is 6. The van der Waals surface area contributed by atoms with E-state index in [9.17, 15) is 13.2 Å². The van der Waals surface area contributed by atoms with E-state index in [1.165, 1.54) is 36.4 Å². The van der Waals surface area contributed by atoms with Crippen molar-refractivity contribution in [3.8, 4) is 0 Å². The van der Waals surface area contributed by atoms with Crippen LogP contribution in [0.1, 0.15) is 61.6 Å². The molecule has 2 aliphatic rings. The van der Waals surface area contributed by atoms with Gasteiger partial charge in [-0.05, 0) is 61.1 Å². The molecule has 2 aromatic carbocycles. The Hall–Kier alpha value is -2.18. The number of nitrogens with one attached hydrogen (secondary N) is 1. The molecule has 1 amide bonds. The summed E-state index contributed by atoms with van der Waals surface area (Å²) >= 11 is 0. The molecule has 1 fully saturated rings. The average Bonchev–Trinajstić information content (AvgIpc) is 2.78. The van der Waals surface area contributed by atoms with Gasteiger partial charge in [-0.3, -0.25) is 4.79 Å². The highest BCUT2D eigenvalue weighted by atomic mass is 32.2. The smallest absolute Gasteiger partial charge is 0.243 e. The third-order valence-electron chi connectivity index (χ3n) is 6.63. The number of aryl methyl sites for hydroxylation is 1. The van der Waals surface area contributed by atoms with E-state index in [1.807, 2.05) is 37.3 Å². The van der Waals surface area contributed by atoms with Gasteiger partial charge in [0.25, 0.3) is 0 Å². The Bertz CT molecular complexity index is 1030. The van der Waals surface area contributed by atoms with Crippen molar-refractivity contribution in [1.29, 1.82) is 0 Å². The van der Waals surface area contributed by atoms with Crippen molar-refractivity contribution in [2.45, 2.75) is 69.7 Å². The quantitative estimate of drug-likeness (QED) is 0.684. The maximum Gasteiger partial charge on any atom is 0.243 e. The van der Waals surface area contributed by atoms with Crippen LogP contribution in [0.2, 0.25) is 0 Å². The van der Waals surface area contributed by atoms with Gasteiger partial charge in [0.2, 0.25) is 15.9 Å². The SMILES string of the molecule is Cc1ccc(S(=O)(=O)N2CCc3ccc(NC(=O)CCC4CCCCC4)cc3C2)cc1. The molecule has 0 aromatic heterocycles. The Labute approximate surface area is 185 Å². The normalized spacial score (nSPS) is 17.8. The molecule has 5 nitrogen and oxygen atoms in total. The first-order valence-corrected chi connectivity index (χ1v) is 12.8. The minimum atomic E-state index is -3.53. The van der Waals surface area contributed by atoms with Crippen molar-refractivity contribution in [3.63, 3.8) is 0 Å². The number of nitrogens with zero attached hydrogens (tertiary/aromatic N) is 1. The van der Waals surface area contributed by atoms with Gasteiger partial charge in [0.15, 0.2) is 0 Å². The second kappa shape index (κ2) is 9.53. The summed E-state index contributed by atoms with van der Waals surface area (Å²) in [5.41, 5.74) is 3.90. The Balaban J connectivity index is 1.40. The first-order valence-electron chi connectivity index (χ1n) is 11.4. The summed E-state index contributed by atoms with van der Waals surface area (Å²) in [6, 6.07) is 12.9. The Morgan fingerprint density at radius 2 is 1.77 bits per heavy atom. The first-order chi connectivity index (χ1) is 14.9. The highest BCUT2D eigenvalue weighted by Gasteiger charge is 2.28. The number of sulfonamides is 1. The topological polar surface area (TPSA) is 66.5 Å². The molecule has 0 saturated heterocycles. The third kappa shape index (κ3) is 5.36. The van der Waals surface area contributed by atoms with Crippen molar-refractivity contribution in [3.05, 3.63) is 59.2 Å². The van der Waals surface area contributed by atoms with Gasteiger partial charge < -0.3 is 5.32 Å². The molecule has 0 atom stereocenters. The van der Waals surface area contributed by atoms with E-state index < -0.39 is 10.0 Å². The van der Waals surface area contributed by atoms with Crippen LogP contribution < -0.4 is 5.32 Å². The molecule has 1 N–H and O–H groups in total. The molecule has 0 unspecified atom stereocenters. The second-order valence-electron chi connectivity index (χ2n) is 8.98. The minimum absolute atomic E-state index is 0.0467. The molecule has 1 aliphatic carbocycles. The molecule has 0 bridgehead atoms. The number of hydrogen-bond acceptors (Lipinski definition) is 3. The molecule has 1 heterocycles. The van der Waals surface area contributed by atoms with Crippen LogP contribution in [-0.4, -0.2) is 25.2 Å². The van der Waals surface area contributed by atoms with Gasteiger partial charge in [-0.25, -0.2) is 8.42 Å². The van der Waals surface area contributed by atoms with Gasteiger partial charge in [0, 0.05) is 25.2 Å². The summed E-state index contributed by atoms with van der Waals surface area (Å²) < 4.78 is 27.7. The fraction of sp³-hybridized carbons (Fsp3) is 0.480. The van der Waals surface area contributed by atoms with E-state index in [4.69, 9.17) is 0 Å². The molecular weight excluding hydrogens is 408 g/mol. The Morgan fingerprint density at radius 1 is 1.03 bits per heavy atom. The summed E-state index contributed by atoms with van der Waals surface area (Å²) in [4.78, 5) is 12.8. The first kappa shape index (κ1) is 22.0. The molecule has 0 radical (unpaired) electrons. The minimum Gasteiger partial charge on any atom is -0.326 e. The van der Waals surface area contributed by atoms with E-state index >= 15 is 0 Å². The lowest BCUT2D eigenvalue weighted by atomic mass is 9.86. The second-order valence-corrected chi connectivity index (χ2v) is 10.9. The molecule has 4 rings (SSSR count). The maximum absolute atomic E-state index is 13.1. The lowest BCUT2D eigenvalue weighted by Crippen LogP contribution is -2.36. The number of amides is 1. The fourth-order valence-electron chi connectivity index (χ4n) is 4.71. The summed E-state index contributed by atoms with van der Waals surface area (Å²) in [6.07, 6.45) is 8.59. The van der Waals surface area contributed by atoms with Crippen LogP contribution in [0.4, 0.5) is 5.69 Å². The van der Waals surface area contributed by atoms with E-state index in [0.717, 1.165) is 28.8 Å². The van der Waals surface area contributed by atoms with Crippen LogP contribution >= 0.6 is 0 Å². The van der Waals surface area contributed by atoms with Crippen LogP contribution in [-0.2, 0) is 27.8 Å². The zero-order valence-corrected chi connectivity index (χ0v) is 19.1. The van der Waals surface area contributed by atoms with Gasteiger partial charge in [0.1, 0.15) is 0 Å². The number of hydrogen-bond donors (Lipinski definition) is 1. The lowest BCUT2D eigenvalue weighted by molar-refractivity contribution is -0.116. The standard InChI is InChI=1S/C25H32N2O3S/c1-19-7-12-24(13-8-19)31(29,30)27-16-15-21-10-11-23(17-22(21)18-27)26-25(28)14-9-20-5-3-2-4-6-20/h7-8,10-13,17,20H,2-6,9,14-16,18H2,1H3,(H,26,28). The monoisotopic (exact) mass is 440 g/mol. The van der Waals surface area contributed by atoms with Crippen molar-refractivity contribution in [2.24, 2.45) is 5.92 Å². The summed E-state index contributed by atoms with van der Waals surface area (Å²) in [7, 11) is -3.53. The molecule has 1 aliphatic heterocycles. The number of carbonyl (C=O) groups excluding carboxylic acids is 1. The van der Waals surface area contributed by atoms with Gasteiger partial charge in [-0.1, -0.05) is 55.9 Å². The zero-order chi connectivity index (χ0) is 21.8. The molecule has 31 heavy (non-hydrogen) atoms. The Morgan fingerprint density at radius 3 is 2.52 bits per heavy atom. The highest BCUT2D eigenvalue weighted by Crippen LogP contribution is 2.29. The molecule has 166 valence electrons. The molecule has 2 aromatic rings. The molecule has 1 saturated carbocycles. The predicted octanol–water partition coefficient (Wildman–Crippen LogP) is 5.04. The van der Waals surface area contributed by atoms with Crippen LogP contribution in [0.5, 0.6) is 0 Å². The summed E-state index contributed by atoms with van der Waals surface area (Å²) in [6.45, 7) is 2.74.